The summed E-state index contributed by atoms with van der Waals surface area (Å²) in [6.45, 7) is 4.51. The molecule has 0 spiro atoms. The first-order valence-electron chi connectivity index (χ1n) is 12.0. The van der Waals surface area contributed by atoms with Crippen molar-refractivity contribution in [3.05, 3.63) is 83.9 Å². The Morgan fingerprint density at radius 1 is 0.811 bits per heavy atom. The van der Waals surface area contributed by atoms with Crippen LogP contribution in [0, 0.1) is 0 Å². The fourth-order valence-corrected chi connectivity index (χ4v) is 3.11. The van der Waals surface area contributed by atoms with Crippen LogP contribution in [-0.2, 0) is 20.8 Å². The molecule has 3 amide bonds. The first-order chi connectivity index (χ1) is 18.0. The fraction of sp³-hybridized carbons (Fsp3) is 0.214. The molecule has 3 aromatic carbocycles. The number of aryl methyl sites for hydroxylation is 1. The topological polar surface area (TPSA) is 118 Å². The van der Waals surface area contributed by atoms with Gasteiger partial charge in [-0.05, 0) is 72.5 Å². The molecule has 0 heterocycles. The van der Waals surface area contributed by atoms with Crippen molar-refractivity contribution >= 4 is 35.3 Å². The number of rotatable bonds is 11. The molecule has 0 unspecified atom stereocenters. The van der Waals surface area contributed by atoms with E-state index < -0.39 is 11.8 Å². The highest BCUT2D eigenvalue weighted by molar-refractivity contribution is 6.39. The summed E-state index contributed by atoms with van der Waals surface area (Å²) in [6.07, 6.45) is 3.19. The van der Waals surface area contributed by atoms with Crippen LogP contribution >= 0.6 is 0 Å². The Hall–Kier alpha value is -4.66. The van der Waals surface area contributed by atoms with Crippen molar-refractivity contribution in [2.45, 2.75) is 26.7 Å². The fourth-order valence-electron chi connectivity index (χ4n) is 3.11. The molecule has 9 nitrogen and oxygen atoms in total. The lowest BCUT2D eigenvalue weighted by Crippen LogP contribution is -2.32. The highest BCUT2D eigenvalue weighted by Crippen LogP contribution is 2.16. The van der Waals surface area contributed by atoms with Crippen molar-refractivity contribution < 1.29 is 23.9 Å². The highest BCUT2D eigenvalue weighted by Gasteiger charge is 2.13. The molecule has 37 heavy (non-hydrogen) atoms. The third kappa shape index (κ3) is 9.14. The lowest BCUT2D eigenvalue weighted by atomic mass is 10.1. The van der Waals surface area contributed by atoms with Crippen molar-refractivity contribution in [1.82, 2.24) is 5.43 Å². The van der Waals surface area contributed by atoms with Crippen LogP contribution in [0.15, 0.2) is 77.9 Å². The Kier molecular flexibility index (Phi) is 10.2. The van der Waals surface area contributed by atoms with Gasteiger partial charge in [0.25, 0.3) is 5.91 Å². The largest absolute Gasteiger partial charge is 0.494 e. The molecule has 0 saturated carbocycles. The number of carbonyl (C=O) groups is 3. The molecule has 3 aromatic rings. The van der Waals surface area contributed by atoms with Crippen LogP contribution in [0.2, 0.25) is 0 Å². The van der Waals surface area contributed by atoms with Gasteiger partial charge in [-0.2, -0.15) is 5.10 Å². The first-order valence-corrected chi connectivity index (χ1v) is 12.0. The van der Waals surface area contributed by atoms with Gasteiger partial charge < -0.3 is 20.1 Å². The molecule has 0 aliphatic heterocycles. The molecular formula is C28H30N4O5. The van der Waals surface area contributed by atoms with Gasteiger partial charge in [-0.15, -0.1) is 0 Å². The monoisotopic (exact) mass is 502 g/mol. The molecule has 3 rings (SSSR count). The summed E-state index contributed by atoms with van der Waals surface area (Å²) in [5.41, 5.74) is 5.14. The Labute approximate surface area is 215 Å². The quantitative estimate of drug-likeness (QED) is 0.207. The van der Waals surface area contributed by atoms with E-state index in [0.717, 1.165) is 12.8 Å². The van der Waals surface area contributed by atoms with Crippen LogP contribution in [0.1, 0.15) is 31.4 Å². The van der Waals surface area contributed by atoms with E-state index in [0.29, 0.717) is 35.0 Å². The summed E-state index contributed by atoms with van der Waals surface area (Å²) < 4.78 is 11.0. The zero-order chi connectivity index (χ0) is 26.5. The molecule has 0 radical (unpaired) electrons. The van der Waals surface area contributed by atoms with Gasteiger partial charge in [0, 0.05) is 11.4 Å². The van der Waals surface area contributed by atoms with Crippen molar-refractivity contribution in [3.63, 3.8) is 0 Å². The van der Waals surface area contributed by atoms with Crippen molar-refractivity contribution in [2.24, 2.45) is 5.10 Å². The van der Waals surface area contributed by atoms with E-state index in [2.05, 4.69) is 28.1 Å². The second-order valence-corrected chi connectivity index (χ2v) is 7.99. The number of ether oxygens (including phenoxy) is 2. The minimum absolute atomic E-state index is 0.168. The van der Waals surface area contributed by atoms with Crippen LogP contribution < -0.4 is 25.5 Å². The van der Waals surface area contributed by atoms with Gasteiger partial charge in [0.1, 0.15) is 11.5 Å². The predicted octanol–water partition coefficient (Wildman–Crippen LogP) is 4.14. The number of nitrogens with one attached hydrogen (secondary N) is 3. The first kappa shape index (κ1) is 26.9. The Bertz CT molecular complexity index is 1220. The summed E-state index contributed by atoms with van der Waals surface area (Å²) in [4.78, 5) is 36.3. The van der Waals surface area contributed by atoms with E-state index >= 15 is 0 Å². The Balaban J connectivity index is 1.44. The molecule has 192 valence electrons. The number of benzene rings is 3. The molecule has 9 heteroatoms. The normalized spacial score (nSPS) is 10.5. The number of hydrogen-bond donors (Lipinski definition) is 3. The smallest absolute Gasteiger partial charge is 0.329 e. The molecule has 0 aliphatic carbocycles. The average molecular weight is 503 g/mol. The van der Waals surface area contributed by atoms with E-state index in [4.69, 9.17) is 9.47 Å². The summed E-state index contributed by atoms with van der Waals surface area (Å²) in [6, 6.07) is 21.1. The van der Waals surface area contributed by atoms with E-state index in [1.807, 2.05) is 31.2 Å². The van der Waals surface area contributed by atoms with Gasteiger partial charge in [0.2, 0.25) is 0 Å². The standard InChI is InChI=1S/C28H30N4O5/c1-3-16-36-24-14-12-23(13-15-24)31-27(34)28(35)32-29-18-21-6-5-7-25(17-21)37-19-26(33)30-22-10-8-20(4-2)9-11-22/h5-15,17-18H,3-4,16,19H2,1-2H3,(H,30,33)(H,31,34)(H,32,35)/b29-18-. The number of hydrogen-bond acceptors (Lipinski definition) is 6. The lowest BCUT2D eigenvalue weighted by Gasteiger charge is -2.08. The average Bonchev–Trinajstić information content (AvgIpc) is 2.92. The molecular weight excluding hydrogens is 472 g/mol. The maximum Gasteiger partial charge on any atom is 0.329 e. The molecule has 0 aromatic heterocycles. The third-order valence-electron chi connectivity index (χ3n) is 5.04. The molecule has 0 saturated heterocycles. The third-order valence-corrected chi connectivity index (χ3v) is 5.04. The maximum absolute atomic E-state index is 12.2. The highest BCUT2D eigenvalue weighted by atomic mass is 16.5. The van der Waals surface area contributed by atoms with E-state index in [1.165, 1.54) is 11.8 Å². The molecule has 0 fully saturated rings. The van der Waals surface area contributed by atoms with Crippen molar-refractivity contribution in [1.29, 1.82) is 0 Å². The SMILES string of the molecule is CCCOc1ccc(NC(=O)C(=O)N/N=C\c2cccc(OCC(=O)Nc3ccc(CC)cc3)c2)cc1. The lowest BCUT2D eigenvalue weighted by molar-refractivity contribution is -0.136. The minimum atomic E-state index is -0.918. The number of anilines is 2. The second-order valence-electron chi connectivity index (χ2n) is 7.99. The van der Waals surface area contributed by atoms with Crippen LogP contribution in [0.5, 0.6) is 11.5 Å². The van der Waals surface area contributed by atoms with E-state index in [1.54, 1.807) is 48.5 Å². The van der Waals surface area contributed by atoms with Crippen LogP contribution in [-0.4, -0.2) is 37.1 Å². The summed E-state index contributed by atoms with van der Waals surface area (Å²) in [7, 11) is 0. The van der Waals surface area contributed by atoms with Gasteiger partial charge in [0.15, 0.2) is 6.61 Å². The van der Waals surface area contributed by atoms with Crippen LogP contribution in [0.4, 0.5) is 11.4 Å². The zero-order valence-electron chi connectivity index (χ0n) is 20.8. The van der Waals surface area contributed by atoms with Gasteiger partial charge >= 0.3 is 11.8 Å². The number of hydrazone groups is 1. The summed E-state index contributed by atoms with van der Waals surface area (Å²) in [5.74, 6) is -0.923. The van der Waals surface area contributed by atoms with Gasteiger partial charge in [0.05, 0.1) is 12.8 Å². The number of carbonyl (C=O) groups excluding carboxylic acids is 3. The van der Waals surface area contributed by atoms with E-state index in [-0.39, 0.29) is 12.5 Å². The number of amides is 3. The van der Waals surface area contributed by atoms with Crippen molar-refractivity contribution in [3.8, 4) is 11.5 Å². The van der Waals surface area contributed by atoms with Gasteiger partial charge in [-0.25, -0.2) is 5.43 Å². The molecule has 0 atom stereocenters. The van der Waals surface area contributed by atoms with Crippen molar-refractivity contribution in [2.75, 3.05) is 23.8 Å². The minimum Gasteiger partial charge on any atom is -0.494 e. The van der Waals surface area contributed by atoms with Gasteiger partial charge in [-0.3, -0.25) is 14.4 Å². The summed E-state index contributed by atoms with van der Waals surface area (Å²) >= 11 is 0. The summed E-state index contributed by atoms with van der Waals surface area (Å²) in [5, 5.41) is 9.09. The Morgan fingerprint density at radius 3 is 2.22 bits per heavy atom. The molecule has 0 bridgehead atoms. The maximum atomic E-state index is 12.2. The molecule has 3 N–H and O–H groups in total. The van der Waals surface area contributed by atoms with E-state index in [9.17, 15) is 14.4 Å². The number of nitrogens with zero attached hydrogens (tertiary/aromatic N) is 1. The van der Waals surface area contributed by atoms with Crippen LogP contribution in [0.25, 0.3) is 0 Å². The zero-order valence-corrected chi connectivity index (χ0v) is 20.8. The predicted molar refractivity (Wildman–Crippen MR) is 143 cm³/mol. The van der Waals surface area contributed by atoms with Gasteiger partial charge in [-0.1, -0.05) is 38.1 Å². The Morgan fingerprint density at radius 2 is 1.51 bits per heavy atom. The second kappa shape index (κ2) is 14.0. The van der Waals surface area contributed by atoms with Crippen LogP contribution in [0.3, 0.4) is 0 Å². The molecule has 0 aliphatic rings.